The summed E-state index contributed by atoms with van der Waals surface area (Å²) in [6, 6.07) is 4.97. The maximum absolute atomic E-state index is 11.0. The maximum Gasteiger partial charge on any atom is 0.337 e. The molecule has 0 aliphatic heterocycles. The van der Waals surface area contributed by atoms with Gasteiger partial charge in [0.1, 0.15) is 5.82 Å². The monoisotopic (exact) mass is 355 g/mol. The molecule has 5 nitrogen and oxygen atoms in total. The lowest BCUT2D eigenvalue weighted by Gasteiger charge is -2.11. The van der Waals surface area contributed by atoms with Gasteiger partial charge in [0.2, 0.25) is 0 Å². The number of aryl methyl sites for hydroxylation is 1. The number of carboxylic acid groups (broad SMARTS) is 1. The van der Waals surface area contributed by atoms with Crippen LogP contribution in [0.5, 0.6) is 0 Å². The highest BCUT2D eigenvalue weighted by Gasteiger charge is 2.11. The van der Waals surface area contributed by atoms with Gasteiger partial charge in [0.05, 0.1) is 23.1 Å². The van der Waals surface area contributed by atoms with Gasteiger partial charge in [0.15, 0.2) is 0 Å². The van der Waals surface area contributed by atoms with Crippen molar-refractivity contribution in [3.63, 3.8) is 0 Å². The normalized spacial score (nSPS) is 10.3. The smallest absolute Gasteiger partial charge is 0.337 e. The molecule has 2 rings (SSSR count). The Morgan fingerprint density at radius 2 is 2.15 bits per heavy atom. The van der Waals surface area contributed by atoms with E-state index < -0.39 is 5.97 Å². The third-order valence-electron chi connectivity index (χ3n) is 2.68. The van der Waals surface area contributed by atoms with Crippen LogP contribution in [0.4, 0.5) is 17.2 Å². The van der Waals surface area contributed by atoms with E-state index in [1.54, 1.807) is 6.07 Å². The van der Waals surface area contributed by atoms with E-state index in [9.17, 15) is 4.79 Å². The Kier molecular flexibility index (Phi) is 4.15. The first-order valence-electron chi connectivity index (χ1n) is 5.60. The second-order valence-electron chi connectivity index (χ2n) is 4.17. The molecule has 0 spiro atoms. The first-order chi connectivity index (χ1) is 9.38. The Bertz CT molecular complexity index is 692. The van der Waals surface area contributed by atoms with Crippen LogP contribution in [0.2, 0.25) is 5.02 Å². The van der Waals surface area contributed by atoms with Crippen LogP contribution in [0.25, 0.3) is 0 Å². The van der Waals surface area contributed by atoms with Crippen LogP contribution >= 0.6 is 27.5 Å². The number of anilines is 3. The number of hydrogen-bond acceptors (Lipinski definition) is 4. The highest BCUT2D eigenvalue weighted by atomic mass is 79.9. The molecule has 7 heteroatoms. The van der Waals surface area contributed by atoms with Gasteiger partial charge in [-0.25, -0.2) is 9.78 Å². The van der Waals surface area contributed by atoms with Gasteiger partial charge in [-0.1, -0.05) is 11.6 Å². The number of pyridine rings is 1. The topological polar surface area (TPSA) is 88.2 Å². The van der Waals surface area contributed by atoms with Crippen molar-refractivity contribution in [3.8, 4) is 0 Å². The lowest BCUT2D eigenvalue weighted by atomic mass is 10.2. The standard InChI is InChI=1S/C13H11BrClN3O2/c1-6-2-8(14)11(4-9(6)15)18-12-3-7(13(19)20)10(16)5-17-12/h2-5H,16H2,1H3,(H,17,18)(H,19,20). The number of halogens is 2. The van der Waals surface area contributed by atoms with Crippen molar-refractivity contribution >= 4 is 50.7 Å². The quantitative estimate of drug-likeness (QED) is 0.778. The van der Waals surface area contributed by atoms with Crippen LogP contribution in [0, 0.1) is 6.92 Å². The van der Waals surface area contributed by atoms with Crippen molar-refractivity contribution < 1.29 is 9.90 Å². The van der Waals surface area contributed by atoms with Crippen molar-refractivity contribution in [2.45, 2.75) is 6.92 Å². The minimum Gasteiger partial charge on any atom is -0.478 e. The summed E-state index contributed by atoms with van der Waals surface area (Å²) in [5.74, 6) is -0.730. The highest BCUT2D eigenvalue weighted by Crippen LogP contribution is 2.31. The molecule has 0 amide bonds. The van der Waals surface area contributed by atoms with Crippen molar-refractivity contribution in [2.75, 3.05) is 11.1 Å². The minimum atomic E-state index is -1.10. The summed E-state index contributed by atoms with van der Waals surface area (Å²) in [6.45, 7) is 1.89. The van der Waals surface area contributed by atoms with Crippen LogP contribution < -0.4 is 11.1 Å². The molecule has 2 aromatic rings. The Balaban J connectivity index is 2.38. The molecule has 0 radical (unpaired) electrons. The van der Waals surface area contributed by atoms with Crippen LogP contribution in [-0.4, -0.2) is 16.1 Å². The number of nitrogens with two attached hydrogens (primary N) is 1. The van der Waals surface area contributed by atoms with Gasteiger partial charge in [-0.3, -0.25) is 0 Å². The summed E-state index contributed by atoms with van der Waals surface area (Å²) in [4.78, 5) is 15.1. The number of benzene rings is 1. The average molecular weight is 357 g/mol. The van der Waals surface area contributed by atoms with Gasteiger partial charge < -0.3 is 16.2 Å². The average Bonchev–Trinajstić information content (AvgIpc) is 2.37. The number of carboxylic acids is 1. The molecule has 1 aromatic heterocycles. The number of aromatic carboxylic acids is 1. The van der Waals surface area contributed by atoms with Gasteiger partial charge in [0, 0.05) is 9.50 Å². The summed E-state index contributed by atoms with van der Waals surface area (Å²) in [5.41, 5.74) is 7.29. The molecule has 0 saturated heterocycles. The van der Waals surface area contributed by atoms with E-state index in [-0.39, 0.29) is 11.3 Å². The molecule has 0 atom stereocenters. The van der Waals surface area contributed by atoms with Crippen LogP contribution in [-0.2, 0) is 0 Å². The number of carbonyl (C=O) groups is 1. The molecule has 4 N–H and O–H groups in total. The van der Waals surface area contributed by atoms with E-state index >= 15 is 0 Å². The Morgan fingerprint density at radius 1 is 1.45 bits per heavy atom. The van der Waals surface area contributed by atoms with E-state index in [0.717, 1.165) is 10.0 Å². The van der Waals surface area contributed by atoms with Crippen LogP contribution in [0.15, 0.2) is 28.9 Å². The van der Waals surface area contributed by atoms with Gasteiger partial charge in [-0.15, -0.1) is 0 Å². The molecular weight excluding hydrogens is 346 g/mol. The first-order valence-corrected chi connectivity index (χ1v) is 6.77. The molecule has 0 bridgehead atoms. The summed E-state index contributed by atoms with van der Waals surface area (Å²) in [6.07, 6.45) is 1.30. The molecule has 0 aliphatic rings. The molecule has 1 heterocycles. The number of nitrogens with one attached hydrogen (secondary N) is 1. The van der Waals surface area contributed by atoms with Crippen LogP contribution in [0.3, 0.4) is 0 Å². The molecular formula is C13H11BrClN3O2. The highest BCUT2D eigenvalue weighted by molar-refractivity contribution is 9.10. The summed E-state index contributed by atoms with van der Waals surface area (Å²) in [7, 11) is 0. The first kappa shape index (κ1) is 14.6. The van der Waals surface area contributed by atoms with Crippen LogP contribution in [0.1, 0.15) is 15.9 Å². The number of hydrogen-bond donors (Lipinski definition) is 3. The summed E-state index contributed by atoms with van der Waals surface area (Å²) in [5, 5.41) is 12.6. The molecule has 0 saturated carbocycles. The number of rotatable bonds is 3. The second-order valence-corrected chi connectivity index (χ2v) is 5.43. The van der Waals surface area contributed by atoms with Gasteiger partial charge >= 0.3 is 5.97 Å². The molecule has 0 unspecified atom stereocenters. The van der Waals surface area contributed by atoms with Gasteiger partial charge in [-0.05, 0) is 46.6 Å². The van der Waals surface area contributed by atoms with E-state index in [1.807, 2.05) is 13.0 Å². The summed E-state index contributed by atoms with van der Waals surface area (Å²) >= 11 is 9.47. The third-order valence-corrected chi connectivity index (χ3v) is 3.74. The zero-order chi connectivity index (χ0) is 14.9. The fourth-order valence-electron chi connectivity index (χ4n) is 1.60. The Labute approximate surface area is 128 Å². The Hall–Kier alpha value is -1.79. The maximum atomic E-state index is 11.0. The van der Waals surface area contributed by atoms with E-state index in [0.29, 0.717) is 16.5 Å². The fraction of sp³-hybridized carbons (Fsp3) is 0.0769. The Morgan fingerprint density at radius 3 is 2.80 bits per heavy atom. The molecule has 104 valence electrons. The van der Waals surface area contributed by atoms with Crippen molar-refractivity contribution in [2.24, 2.45) is 0 Å². The van der Waals surface area contributed by atoms with E-state index in [4.69, 9.17) is 22.4 Å². The predicted molar refractivity (Wildman–Crippen MR) is 82.8 cm³/mol. The zero-order valence-electron chi connectivity index (χ0n) is 10.4. The van der Waals surface area contributed by atoms with Gasteiger partial charge in [0.25, 0.3) is 0 Å². The van der Waals surface area contributed by atoms with Gasteiger partial charge in [-0.2, -0.15) is 0 Å². The van der Waals surface area contributed by atoms with Crippen molar-refractivity contribution in [3.05, 3.63) is 45.0 Å². The lowest BCUT2D eigenvalue weighted by Crippen LogP contribution is -2.05. The van der Waals surface area contributed by atoms with E-state index in [1.165, 1.54) is 12.3 Å². The zero-order valence-corrected chi connectivity index (χ0v) is 12.8. The SMILES string of the molecule is Cc1cc(Br)c(Nc2cc(C(=O)O)c(N)cn2)cc1Cl. The second kappa shape index (κ2) is 5.68. The summed E-state index contributed by atoms with van der Waals surface area (Å²) < 4.78 is 0.801. The number of nitrogen functional groups attached to an aromatic ring is 1. The molecule has 0 aliphatic carbocycles. The minimum absolute atomic E-state index is 0.00293. The third kappa shape index (κ3) is 3.02. The van der Waals surface area contributed by atoms with Crippen molar-refractivity contribution in [1.82, 2.24) is 4.98 Å². The van der Waals surface area contributed by atoms with Crippen molar-refractivity contribution in [1.29, 1.82) is 0 Å². The molecule has 20 heavy (non-hydrogen) atoms. The number of nitrogens with zero attached hydrogens (tertiary/aromatic N) is 1. The molecule has 0 fully saturated rings. The lowest BCUT2D eigenvalue weighted by molar-refractivity contribution is 0.0698. The molecule has 1 aromatic carbocycles. The fourth-order valence-corrected chi connectivity index (χ4v) is 2.32. The largest absolute Gasteiger partial charge is 0.478 e. The number of aromatic nitrogens is 1. The van der Waals surface area contributed by atoms with E-state index in [2.05, 4.69) is 26.2 Å². The predicted octanol–water partition coefficient (Wildman–Crippen LogP) is 3.83.